The first-order chi connectivity index (χ1) is 59.6. The second-order valence-electron chi connectivity index (χ2n) is 27.2. The molecule has 0 atom stereocenters. The van der Waals surface area contributed by atoms with E-state index in [0.29, 0.717) is 58.5 Å². The number of nitrogens with zero attached hydrogens (tertiary/aromatic N) is 14. The number of aromatic amines is 2. The van der Waals surface area contributed by atoms with Crippen LogP contribution in [0, 0.1) is 27.8 Å². The van der Waals surface area contributed by atoms with Crippen LogP contribution in [-0.2, 0) is 37.0 Å². The van der Waals surface area contributed by atoms with Gasteiger partial charge < -0.3 is 42.6 Å². The van der Waals surface area contributed by atoms with E-state index in [0.717, 1.165) is 108 Å². The van der Waals surface area contributed by atoms with Gasteiger partial charge in [0.05, 0.1) is 68.6 Å². The second kappa shape index (κ2) is 48.9. The fourth-order valence-corrected chi connectivity index (χ4v) is 12.1. The van der Waals surface area contributed by atoms with Crippen LogP contribution in [0.5, 0.6) is 70.0 Å². The molecular formula is C99H101IN16O10. The zero-order valence-electron chi connectivity index (χ0n) is 68.0. The van der Waals surface area contributed by atoms with Gasteiger partial charge >= 0.3 is 6.09 Å². The van der Waals surface area contributed by atoms with Gasteiger partial charge in [0, 0.05) is 130 Å². The van der Waals surface area contributed by atoms with E-state index in [9.17, 15) is 4.79 Å². The molecule has 12 aromatic heterocycles. The van der Waals surface area contributed by atoms with Gasteiger partial charge in [-0.05, 0) is 268 Å². The fourth-order valence-electron chi connectivity index (χ4n) is 11.7. The number of benzene rings is 4. The highest BCUT2D eigenvalue weighted by molar-refractivity contribution is 14.1. The summed E-state index contributed by atoms with van der Waals surface area (Å²) in [5.74, 6) is 15.6. The molecule has 0 saturated carbocycles. The van der Waals surface area contributed by atoms with E-state index >= 15 is 0 Å². The van der Waals surface area contributed by atoms with Gasteiger partial charge in [0.25, 0.3) is 0 Å². The Morgan fingerprint density at radius 2 is 0.706 bits per heavy atom. The number of aromatic nitrogens is 16. The van der Waals surface area contributed by atoms with Crippen molar-refractivity contribution in [2.45, 2.75) is 95.2 Å². The summed E-state index contributed by atoms with van der Waals surface area (Å²) in [6, 6.07) is 61.3. The molecule has 4 aromatic carbocycles. The van der Waals surface area contributed by atoms with Gasteiger partial charge in [0.2, 0.25) is 47.0 Å². The molecule has 0 aliphatic heterocycles. The highest BCUT2D eigenvalue weighted by Gasteiger charge is 2.21. The van der Waals surface area contributed by atoms with E-state index < -0.39 is 11.7 Å². The molecule has 12 heterocycles. The number of halogens is 1. The lowest BCUT2D eigenvalue weighted by Gasteiger charge is -2.18. The van der Waals surface area contributed by atoms with E-state index in [-0.39, 0.29) is 29.7 Å². The molecule has 0 aliphatic carbocycles. The normalized spacial score (nSPS) is 10.1. The van der Waals surface area contributed by atoms with Gasteiger partial charge in [-0.3, -0.25) is 14.9 Å². The summed E-state index contributed by atoms with van der Waals surface area (Å²) in [5, 5.41) is 21.6. The number of methoxy groups -OCH3 is 4. The minimum atomic E-state index is -0.478. The third kappa shape index (κ3) is 27.8. The molecule has 27 heteroatoms. The van der Waals surface area contributed by atoms with Crippen molar-refractivity contribution >= 4 is 28.7 Å². The van der Waals surface area contributed by atoms with Gasteiger partial charge in [-0.25, -0.2) is 44.7 Å². The van der Waals surface area contributed by atoms with Gasteiger partial charge in [-0.1, -0.05) is 71.7 Å². The van der Waals surface area contributed by atoms with E-state index in [4.69, 9.17) is 49.1 Å². The highest BCUT2D eigenvalue weighted by Crippen LogP contribution is 2.40. The summed E-state index contributed by atoms with van der Waals surface area (Å²) in [6.45, 7) is 8.44. The number of carbonyl (C=O) groups is 1. The number of hydrogen-bond acceptors (Lipinski definition) is 22. The van der Waals surface area contributed by atoms with E-state index in [1.165, 1.54) is 26.9 Å². The van der Waals surface area contributed by atoms with E-state index in [1.54, 1.807) is 103 Å². The molecule has 16 rings (SSSR count). The van der Waals surface area contributed by atoms with Gasteiger partial charge in [0.15, 0.2) is 0 Å². The van der Waals surface area contributed by atoms with Crippen molar-refractivity contribution in [1.82, 2.24) is 79.8 Å². The molecule has 0 amide bonds. The lowest BCUT2D eigenvalue weighted by molar-refractivity contribution is 0.0514. The average Bonchev–Trinajstić information content (AvgIpc) is 0.992. The summed E-state index contributed by atoms with van der Waals surface area (Å²) < 4.78 is 54.7. The summed E-state index contributed by atoms with van der Waals surface area (Å²) in [6.07, 6.45) is 36.7. The Kier molecular flexibility index (Phi) is 37.3. The van der Waals surface area contributed by atoms with Crippen molar-refractivity contribution in [3.8, 4) is 139 Å². The zero-order valence-corrected chi connectivity index (χ0v) is 70.2. The third-order valence-electron chi connectivity index (χ3n) is 17.6. The summed E-state index contributed by atoms with van der Waals surface area (Å²) >= 11 is 2.08. The van der Waals surface area contributed by atoms with Crippen molar-refractivity contribution in [2.75, 3.05) is 28.4 Å². The van der Waals surface area contributed by atoms with Crippen LogP contribution in [0.15, 0.2) is 293 Å². The summed E-state index contributed by atoms with van der Waals surface area (Å²) in [7, 11) is 6.38. The molecule has 0 bridgehead atoms. The number of rotatable bonds is 23. The van der Waals surface area contributed by atoms with Crippen molar-refractivity contribution in [3.05, 3.63) is 336 Å². The number of pyridine rings is 8. The monoisotopic (exact) mass is 1800 g/mol. The van der Waals surface area contributed by atoms with Crippen LogP contribution in [-0.4, -0.2) is 120 Å². The maximum absolute atomic E-state index is 11.3. The average molecular weight is 1800 g/mol. The fraction of sp³-hybridized carbons (Fsp3) is 0.182. The molecule has 0 aliphatic rings. The summed E-state index contributed by atoms with van der Waals surface area (Å²) in [5.41, 5.74) is 13.6. The van der Waals surface area contributed by atoms with Crippen LogP contribution >= 0.6 is 22.6 Å². The Balaban J connectivity index is 0.000000197. The van der Waals surface area contributed by atoms with Crippen molar-refractivity contribution in [3.63, 3.8) is 0 Å². The number of hydrogen-bond donors (Lipinski definition) is 2. The molecule has 0 spiro atoms. The van der Waals surface area contributed by atoms with Crippen LogP contribution in [0.25, 0.3) is 44.5 Å². The number of terminal acetylenes is 1. The van der Waals surface area contributed by atoms with Gasteiger partial charge in [-0.2, -0.15) is 25.1 Å². The van der Waals surface area contributed by atoms with Crippen LogP contribution in [0.1, 0.15) is 96.3 Å². The predicted molar refractivity (Wildman–Crippen MR) is 499 cm³/mol. The first-order valence-electron chi connectivity index (χ1n) is 38.4. The van der Waals surface area contributed by atoms with Crippen molar-refractivity contribution in [1.29, 1.82) is 0 Å². The molecule has 126 heavy (non-hydrogen) atoms. The zero-order chi connectivity index (χ0) is 85.3. The maximum atomic E-state index is 11.3. The quantitative estimate of drug-likeness (QED) is 0.0444. The van der Waals surface area contributed by atoms with E-state index in [2.05, 4.69) is 148 Å². The first kappa shape index (κ1) is 96.1. The number of nitrogens with one attached hydrogen (secondary N) is 2. The Morgan fingerprint density at radius 3 is 1.02 bits per heavy atom. The first-order valence-corrected chi connectivity index (χ1v) is 39.5. The van der Waals surface area contributed by atoms with Gasteiger partial charge in [0.1, 0.15) is 28.6 Å². The van der Waals surface area contributed by atoms with Crippen LogP contribution in [0.4, 0.5) is 4.79 Å². The Morgan fingerprint density at radius 1 is 0.381 bits per heavy atom. The van der Waals surface area contributed by atoms with Gasteiger partial charge in [-0.15, -0.1) is 6.42 Å². The standard InChI is InChI=1S/C24H24N4O2.C22H20N4O2.C22H16N4O2.C19H14N2O2.C8H11IN2O2.4CH4/c1-3-28-17-19(16-27-28)9-8-18-10-12-20(13-11-18)30-24-22(7-5-15-26-24)21-6-4-14-25-23(21)29-2;2*1-27-21-19(4-2-12-23-21)20-5-3-13-24-22(20)28-18-10-8-16(9-11-18)6-7-17-14-25-26-15-17;1-3-14-8-10-15(11-9-14)23-19-17(7-5-13-21-19)16-6-4-12-20-18(16)22-2;1-8(2,3)13-7(12)11-5-6(9)4-10-11;;;;/h4-7,10-17H,3,8-9H2,1-2H3;2-5,8-15H,6-7H2,1H3,(H,25,26);2-5,8-15H,1H3,(H,25,26);1,4-13H,2H3;4-5H,1-3H3;4*1H4. The number of ether oxygens (including phenoxy) is 9. The van der Waals surface area contributed by atoms with Crippen LogP contribution in [0.2, 0.25) is 0 Å². The minimum absolute atomic E-state index is 0. The van der Waals surface area contributed by atoms with Crippen LogP contribution < -0.4 is 37.9 Å². The molecule has 0 fully saturated rings. The molecular weight excluding hydrogens is 1700 g/mol. The number of H-pyrrole nitrogens is 2. The molecule has 16 aromatic rings. The molecule has 0 radical (unpaired) electrons. The van der Waals surface area contributed by atoms with Crippen molar-refractivity contribution in [2.24, 2.45) is 0 Å². The smallest absolute Gasteiger partial charge is 0.435 e. The minimum Gasteiger partial charge on any atom is -0.481 e. The number of aryl methyl sites for hydroxylation is 5. The largest absolute Gasteiger partial charge is 0.481 e. The Bertz CT molecular complexity index is 6110. The lowest BCUT2D eigenvalue weighted by atomic mass is 10.1. The lowest BCUT2D eigenvalue weighted by Crippen LogP contribution is -2.27. The SMILES string of the molecule is C.C.C.C.C#Cc1ccc(Oc2ncccc2-c2cccnc2OC)cc1.CC(C)(C)OC(=O)n1cc(I)cn1.CCn1cc(CCc2ccc(Oc3ncccc3-c3cccnc3OC)cc2)cn1.COc1ncccc1-c1cccnc1Oc1ccc(C#Cc2cn[nH]c2)cc1.COc1ncccc1-c1cccnc1Oc1ccc(CCc2cn[nH]c2)cc1. The van der Waals surface area contributed by atoms with E-state index in [1.807, 2.05) is 214 Å². The Labute approximate surface area is 749 Å². The third-order valence-corrected chi connectivity index (χ3v) is 18.2. The molecule has 644 valence electrons. The molecule has 26 nitrogen and oxygen atoms in total. The predicted octanol–water partition coefficient (Wildman–Crippen LogP) is 22.2. The molecule has 2 N–H and O–H groups in total. The molecule has 0 unspecified atom stereocenters. The number of carbonyl (C=O) groups excluding carboxylic acids is 1. The topological polar surface area (TPSA) is 296 Å². The second-order valence-corrected chi connectivity index (χ2v) is 28.4. The Hall–Kier alpha value is -15.4. The van der Waals surface area contributed by atoms with Crippen LogP contribution in [0.3, 0.4) is 0 Å². The van der Waals surface area contributed by atoms with Crippen molar-refractivity contribution < 1.29 is 47.4 Å². The maximum Gasteiger partial charge on any atom is 0.435 e. The molecule has 0 saturated heterocycles. The highest BCUT2D eigenvalue weighted by atomic mass is 127. The summed E-state index contributed by atoms with van der Waals surface area (Å²) in [4.78, 5) is 45.9.